The first kappa shape index (κ1) is 22.0. The molecule has 30 heavy (non-hydrogen) atoms. The summed E-state index contributed by atoms with van der Waals surface area (Å²) in [5, 5.41) is 3.42. The molecule has 0 spiro atoms. The monoisotopic (exact) mass is 428 g/mol. The maximum absolute atomic E-state index is 12.7. The summed E-state index contributed by atoms with van der Waals surface area (Å²) in [5.41, 5.74) is 3.46. The highest BCUT2D eigenvalue weighted by Gasteiger charge is 2.30. The first-order chi connectivity index (χ1) is 14.3. The number of amides is 2. The summed E-state index contributed by atoms with van der Waals surface area (Å²) in [6, 6.07) is 8.01. The van der Waals surface area contributed by atoms with Crippen LogP contribution in [0.15, 0.2) is 24.3 Å². The Kier molecular flexibility index (Phi) is 6.92. The summed E-state index contributed by atoms with van der Waals surface area (Å²) in [6.45, 7) is 8.83. The van der Waals surface area contributed by atoms with Crippen LogP contribution in [0.4, 0.5) is 5.00 Å². The van der Waals surface area contributed by atoms with Crippen molar-refractivity contribution in [3.8, 4) is 0 Å². The predicted octanol–water partition coefficient (Wildman–Crippen LogP) is 4.13. The maximum Gasteiger partial charge on any atom is 0.341 e. The number of fused-ring (bicyclic) bond motifs is 1. The molecule has 160 valence electrons. The van der Waals surface area contributed by atoms with E-state index in [1.807, 2.05) is 24.3 Å². The fraction of sp³-hybridized carbons (Fsp3) is 0.435. The molecule has 1 N–H and O–H groups in total. The topological polar surface area (TPSA) is 75.7 Å². The number of hydrogen-bond donors (Lipinski definition) is 1. The number of carbonyl (C=O) groups is 3. The van der Waals surface area contributed by atoms with E-state index in [9.17, 15) is 14.4 Å². The minimum absolute atomic E-state index is 0.00200. The van der Waals surface area contributed by atoms with Crippen LogP contribution in [0.5, 0.6) is 0 Å². The van der Waals surface area contributed by atoms with E-state index in [4.69, 9.17) is 4.74 Å². The number of anilines is 1. The van der Waals surface area contributed by atoms with Gasteiger partial charge < -0.3 is 15.0 Å². The molecule has 1 aliphatic heterocycles. The number of ether oxygens (including phenoxy) is 1. The van der Waals surface area contributed by atoms with Gasteiger partial charge in [0.1, 0.15) is 5.00 Å². The Hall–Kier alpha value is -2.67. The van der Waals surface area contributed by atoms with Gasteiger partial charge in [0.25, 0.3) is 0 Å². The van der Waals surface area contributed by atoms with Crippen molar-refractivity contribution in [2.45, 2.75) is 53.0 Å². The summed E-state index contributed by atoms with van der Waals surface area (Å²) in [4.78, 5) is 39.7. The Labute approximate surface area is 181 Å². The fourth-order valence-corrected chi connectivity index (χ4v) is 4.82. The second kappa shape index (κ2) is 9.43. The number of benzene rings is 1. The van der Waals surface area contributed by atoms with Crippen molar-refractivity contribution in [1.29, 1.82) is 0 Å². The quantitative estimate of drug-likeness (QED) is 0.702. The van der Waals surface area contributed by atoms with Crippen LogP contribution in [0.2, 0.25) is 0 Å². The predicted molar refractivity (Wildman–Crippen MR) is 118 cm³/mol. The lowest BCUT2D eigenvalue weighted by atomic mass is 10.0. The Balaban J connectivity index is 1.81. The molecule has 0 saturated carbocycles. The standard InChI is InChI=1S/C23H28N2O4S/c1-5-29-23(28)21-18-10-11-25(15(4)26)13-19(18)30-22(21)24-20(27)12-16-6-8-17(9-7-16)14(2)3/h6-9,14H,5,10-13H2,1-4H3,(H,24,27). The molecule has 1 aromatic heterocycles. The third-order valence-electron chi connectivity index (χ3n) is 5.25. The van der Waals surface area contributed by atoms with E-state index in [0.717, 1.165) is 16.0 Å². The minimum atomic E-state index is -0.428. The molecule has 3 rings (SSSR count). The molecule has 0 unspecified atom stereocenters. The molecule has 0 atom stereocenters. The van der Waals surface area contributed by atoms with Gasteiger partial charge in [0.2, 0.25) is 11.8 Å². The summed E-state index contributed by atoms with van der Waals surface area (Å²) in [5.74, 6) is -0.170. The summed E-state index contributed by atoms with van der Waals surface area (Å²) in [7, 11) is 0. The summed E-state index contributed by atoms with van der Waals surface area (Å²) in [6.07, 6.45) is 0.800. The highest BCUT2D eigenvalue weighted by atomic mass is 32.1. The molecular weight excluding hydrogens is 400 g/mol. The van der Waals surface area contributed by atoms with Gasteiger partial charge in [-0.3, -0.25) is 9.59 Å². The van der Waals surface area contributed by atoms with Crippen molar-refractivity contribution in [2.24, 2.45) is 0 Å². The fourth-order valence-electron chi connectivity index (χ4n) is 3.56. The molecule has 6 nitrogen and oxygen atoms in total. The molecule has 2 heterocycles. The van der Waals surface area contributed by atoms with Crippen LogP contribution in [0, 0.1) is 0 Å². The molecule has 2 aromatic rings. The van der Waals surface area contributed by atoms with Crippen molar-refractivity contribution in [1.82, 2.24) is 4.90 Å². The van der Waals surface area contributed by atoms with E-state index in [0.29, 0.717) is 36.0 Å². The van der Waals surface area contributed by atoms with Gasteiger partial charge in [-0.05, 0) is 36.0 Å². The van der Waals surface area contributed by atoms with Gasteiger partial charge in [-0.2, -0.15) is 0 Å². The van der Waals surface area contributed by atoms with Crippen LogP contribution in [0.25, 0.3) is 0 Å². The second-order valence-corrected chi connectivity index (χ2v) is 8.85. The van der Waals surface area contributed by atoms with E-state index >= 15 is 0 Å². The van der Waals surface area contributed by atoms with Gasteiger partial charge in [0.15, 0.2) is 0 Å². The Morgan fingerprint density at radius 3 is 2.50 bits per heavy atom. The van der Waals surface area contributed by atoms with Crippen molar-refractivity contribution in [3.63, 3.8) is 0 Å². The molecular formula is C23H28N2O4S. The van der Waals surface area contributed by atoms with Crippen molar-refractivity contribution in [2.75, 3.05) is 18.5 Å². The van der Waals surface area contributed by atoms with Gasteiger partial charge in [0, 0.05) is 18.3 Å². The van der Waals surface area contributed by atoms with Crippen molar-refractivity contribution in [3.05, 3.63) is 51.4 Å². The van der Waals surface area contributed by atoms with Gasteiger partial charge >= 0.3 is 5.97 Å². The van der Waals surface area contributed by atoms with Crippen LogP contribution in [0.1, 0.15) is 65.5 Å². The number of esters is 1. The zero-order chi connectivity index (χ0) is 21.8. The highest BCUT2D eigenvalue weighted by molar-refractivity contribution is 7.17. The van der Waals surface area contributed by atoms with E-state index in [1.54, 1.807) is 11.8 Å². The number of carbonyl (C=O) groups excluding carboxylic acids is 3. The molecule has 0 aliphatic carbocycles. The Morgan fingerprint density at radius 2 is 1.90 bits per heavy atom. The molecule has 0 radical (unpaired) electrons. The first-order valence-corrected chi connectivity index (χ1v) is 11.1. The first-order valence-electron chi connectivity index (χ1n) is 10.3. The molecule has 7 heteroatoms. The lowest BCUT2D eigenvalue weighted by molar-refractivity contribution is -0.129. The SMILES string of the molecule is CCOC(=O)c1c(NC(=O)Cc2ccc(C(C)C)cc2)sc2c1CCN(C(C)=O)C2. The number of nitrogens with zero attached hydrogens (tertiary/aromatic N) is 1. The Morgan fingerprint density at radius 1 is 1.20 bits per heavy atom. The third-order valence-corrected chi connectivity index (χ3v) is 6.38. The largest absolute Gasteiger partial charge is 0.462 e. The number of hydrogen-bond acceptors (Lipinski definition) is 5. The van der Waals surface area contributed by atoms with Crippen LogP contribution in [0.3, 0.4) is 0 Å². The third kappa shape index (κ3) is 4.90. The number of rotatable bonds is 6. The number of nitrogens with one attached hydrogen (secondary N) is 1. The smallest absolute Gasteiger partial charge is 0.341 e. The van der Waals surface area contributed by atoms with Crippen molar-refractivity contribution < 1.29 is 19.1 Å². The zero-order valence-corrected chi connectivity index (χ0v) is 18.7. The molecule has 0 fully saturated rings. The highest BCUT2D eigenvalue weighted by Crippen LogP contribution is 2.37. The lowest BCUT2D eigenvalue weighted by Gasteiger charge is -2.25. The summed E-state index contributed by atoms with van der Waals surface area (Å²) < 4.78 is 5.24. The van der Waals surface area contributed by atoms with Gasteiger partial charge in [-0.1, -0.05) is 38.1 Å². The van der Waals surface area contributed by atoms with Crippen molar-refractivity contribution >= 4 is 34.1 Å². The molecule has 2 amide bonds. The van der Waals surface area contributed by atoms with Crippen LogP contribution in [-0.2, 0) is 33.7 Å². The van der Waals surface area contributed by atoms with E-state index < -0.39 is 5.97 Å². The average Bonchev–Trinajstić information content (AvgIpc) is 3.05. The molecule has 1 aliphatic rings. The van der Waals surface area contributed by atoms with Gasteiger partial charge in [0.05, 0.1) is 25.1 Å². The molecule has 1 aromatic carbocycles. The van der Waals surface area contributed by atoms with Gasteiger partial charge in [-0.25, -0.2) is 4.79 Å². The van der Waals surface area contributed by atoms with Crippen LogP contribution < -0.4 is 5.32 Å². The normalized spacial score (nSPS) is 13.2. The lowest BCUT2D eigenvalue weighted by Crippen LogP contribution is -2.34. The number of thiophene rings is 1. The van der Waals surface area contributed by atoms with E-state index in [1.165, 1.54) is 23.8 Å². The minimum Gasteiger partial charge on any atom is -0.462 e. The van der Waals surface area contributed by atoms with Gasteiger partial charge in [-0.15, -0.1) is 11.3 Å². The van der Waals surface area contributed by atoms with Crippen LogP contribution in [-0.4, -0.2) is 35.8 Å². The van der Waals surface area contributed by atoms with E-state index in [2.05, 4.69) is 19.2 Å². The molecule has 0 saturated heterocycles. The molecule has 0 bridgehead atoms. The van der Waals surface area contributed by atoms with E-state index in [-0.39, 0.29) is 24.8 Å². The van der Waals surface area contributed by atoms with Crippen LogP contribution >= 0.6 is 11.3 Å². The summed E-state index contributed by atoms with van der Waals surface area (Å²) >= 11 is 1.36. The maximum atomic E-state index is 12.7. The average molecular weight is 429 g/mol. The zero-order valence-electron chi connectivity index (χ0n) is 17.9. The second-order valence-electron chi connectivity index (χ2n) is 7.74. The Bertz CT molecular complexity index is 947.